The number of hydrogen-bond acceptors (Lipinski definition) is 2. The highest BCUT2D eigenvalue weighted by Crippen LogP contribution is 2.35. The Morgan fingerprint density at radius 3 is 2.62 bits per heavy atom. The molecule has 2 nitrogen and oxygen atoms in total. The number of hydrogen-bond donors (Lipinski definition) is 1. The first kappa shape index (κ1) is 15.9. The van der Waals surface area contributed by atoms with E-state index in [2.05, 4.69) is 48.5 Å². The highest BCUT2D eigenvalue weighted by Gasteiger charge is 2.25. The zero-order chi connectivity index (χ0) is 16.4. The minimum Gasteiger partial charge on any atom is -0.373 e. The fourth-order valence-electron chi connectivity index (χ4n) is 4.25. The molecular formula is C22H27NO. The van der Waals surface area contributed by atoms with Crippen LogP contribution in [0.25, 0.3) is 0 Å². The number of benzene rings is 2. The Labute approximate surface area is 145 Å². The predicted molar refractivity (Wildman–Crippen MR) is 98.1 cm³/mol. The number of rotatable bonds is 4. The predicted octanol–water partition coefficient (Wildman–Crippen LogP) is 4.36. The first-order chi connectivity index (χ1) is 11.8. The van der Waals surface area contributed by atoms with E-state index in [-0.39, 0.29) is 0 Å². The van der Waals surface area contributed by atoms with Gasteiger partial charge in [-0.15, -0.1) is 0 Å². The quantitative estimate of drug-likeness (QED) is 0.908. The van der Waals surface area contributed by atoms with Gasteiger partial charge in [-0.1, -0.05) is 48.5 Å². The molecule has 24 heavy (non-hydrogen) atoms. The van der Waals surface area contributed by atoms with Crippen molar-refractivity contribution in [2.24, 2.45) is 5.73 Å². The molecule has 4 rings (SSSR count). The molecule has 0 spiro atoms. The van der Waals surface area contributed by atoms with Gasteiger partial charge in [-0.2, -0.15) is 0 Å². The van der Waals surface area contributed by atoms with Gasteiger partial charge in [-0.3, -0.25) is 0 Å². The molecule has 0 bridgehead atoms. The molecule has 1 fully saturated rings. The van der Waals surface area contributed by atoms with Crippen LogP contribution >= 0.6 is 0 Å². The molecule has 2 aliphatic rings. The summed E-state index contributed by atoms with van der Waals surface area (Å²) in [7, 11) is 0. The SMILES string of the molecule is NC1CCC(c2ccc3c(c2)CCC(OCc2ccccc2)C3)C1. The van der Waals surface area contributed by atoms with Crippen LogP contribution in [-0.2, 0) is 24.2 Å². The van der Waals surface area contributed by atoms with Crippen LogP contribution in [-0.4, -0.2) is 12.1 Å². The standard InChI is InChI=1S/C22H27NO/c23-21-10-8-19(13-21)17-6-7-20-14-22(11-9-18(20)12-17)24-15-16-4-2-1-3-5-16/h1-7,12,19,21-22H,8-11,13-15,23H2. The molecule has 0 aromatic heterocycles. The van der Waals surface area contributed by atoms with Crippen molar-refractivity contribution in [3.05, 3.63) is 70.8 Å². The Bertz CT molecular complexity index is 682. The molecular weight excluding hydrogens is 294 g/mol. The Balaban J connectivity index is 1.38. The van der Waals surface area contributed by atoms with Crippen molar-refractivity contribution in [2.45, 2.75) is 63.2 Å². The third kappa shape index (κ3) is 3.55. The van der Waals surface area contributed by atoms with E-state index in [1.54, 1.807) is 0 Å². The average Bonchev–Trinajstić information content (AvgIpc) is 3.07. The topological polar surface area (TPSA) is 35.2 Å². The fraction of sp³-hybridized carbons (Fsp3) is 0.455. The van der Waals surface area contributed by atoms with Crippen molar-refractivity contribution in [1.29, 1.82) is 0 Å². The van der Waals surface area contributed by atoms with Crippen LogP contribution in [0.4, 0.5) is 0 Å². The Morgan fingerprint density at radius 2 is 1.83 bits per heavy atom. The second kappa shape index (κ2) is 7.08. The van der Waals surface area contributed by atoms with Gasteiger partial charge in [0.25, 0.3) is 0 Å². The highest BCUT2D eigenvalue weighted by molar-refractivity contribution is 5.36. The van der Waals surface area contributed by atoms with Crippen molar-refractivity contribution in [1.82, 2.24) is 0 Å². The van der Waals surface area contributed by atoms with Gasteiger partial charge in [0.05, 0.1) is 12.7 Å². The van der Waals surface area contributed by atoms with E-state index < -0.39 is 0 Å². The summed E-state index contributed by atoms with van der Waals surface area (Å²) in [6.45, 7) is 0.721. The molecule has 0 aliphatic heterocycles. The summed E-state index contributed by atoms with van der Waals surface area (Å²) in [5.74, 6) is 0.678. The van der Waals surface area contributed by atoms with Gasteiger partial charge < -0.3 is 10.5 Å². The third-order valence-electron chi connectivity index (χ3n) is 5.69. The lowest BCUT2D eigenvalue weighted by atomic mass is 9.86. The summed E-state index contributed by atoms with van der Waals surface area (Å²) in [5.41, 5.74) is 11.9. The van der Waals surface area contributed by atoms with Crippen LogP contribution in [0.2, 0.25) is 0 Å². The van der Waals surface area contributed by atoms with Crippen molar-refractivity contribution < 1.29 is 4.74 Å². The zero-order valence-electron chi connectivity index (χ0n) is 14.3. The maximum atomic E-state index is 6.15. The van der Waals surface area contributed by atoms with Crippen LogP contribution < -0.4 is 5.73 Å². The monoisotopic (exact) mass is 321 g/mol. The smallest absolute Gasteiger partial charge is 0.0720 e. The Kier molecular flexibility index (Phi) is 4.68. The maximum Gasteiger partial charge on any atom is 0.0720 e. The number of aryl methyl sites for hydroxylation is 1. The highest BCUT2D eigenvalue weighted by atomic mass is 16.5. The van der Waals surface area contributed by atoms with Crippen molar-refractivity contribution in [3.63, 3.8) is 0 Å². The van der Waals surface area contributed by atoms with E-state index in [1.807, 2.05) is 0 Å². The second-order valence-corrected chi connectivity index (χ2v) is 7.46. The van der Waals surface area contributed by atoms with Crippen LogP contribution in [0, 0.1) is 0 Å². The van der Waals surface area contributed by atoms with Crippen molar-refractivity contribution in [2.75, 3.05) is 0 Å². The molecule has 3 atom stereocenters. The molecule has 2 aromatic rings. The van der Waals surface area contributed by atoms with Gasteiger partial charge in [-0.25, -0.2) is 0 Å². The van der Waals surface area contributed by atoms with Gasteiger partial charge in [-0.05, 0) is 66.7 Å². The van der Waals surface area contributed by atoms with Gasteiger partial charge in [0, 0.05) is 6.04 Å². The number of ether oxygens (including phenoxy) is 1. The Morgan fingerprint density at radius 1 is 0.958 bits per heavy atom. The second-order valence-electron chi connectivity index (χ2n) is 7.46. The summed E-state index contributed by atoms with van der Waals surface area (Å²) in [5, 5.41) is 0. The molecule has 3 unspecified atom stereocenters. The van der Waals surface area contributed by atoms with E-state index in [1.165, 1.54) is 35.1 Å². The third-order valence-corrected chi connectivity index (χ3v) is 5.69. The van der Waals surface area contributed by atoms with Gasteiger partial charge in [0.1, 0.15) is 0 Å². The molecule has 1 saturated carbocycles. The van der Waals surface area contributed by atoms with E-state index in [4.69, 9.17) is 10.5 Å². The lowest BCUT2D eigenvalue weighted by Crippen LogP contribution is -2.22. The van der Waals surface area contributed by atoms with Gasteiger partial charge in [0.15, 0.2) is 0 Å². The molecule has 0 heterocycles. The molecule has 2 aromatic carbocycles. The first-order valence-corrected chi connectivity index (χ1v) is 9.31. The molecule has 0 radical (unpaired) electrons. The fourth-order valence-corrected chi connectivity index (χ4v) is 4.25. The molecule has 0 amide bonds. The van der Waals surface area contributed by atoms with Crippen molar-refractivity contribution >= 4 is 0 Å². The van der Waals surface area contributed by atoms with E-state index in [9.17, 15) is 0 Å². The van der Waals surface area contributed by atoms with E-state index >= 15 is 0 Å². The normalized spacial score (nSPS) is 26.3. The van der Waals surface area contributed by atoms with Gasteiger partial charge in [0.2, 0.25) is 0 Å². The largest absolute Gasteiger partial charge is 0.373 e. The summed E-state index contributed by atoms with van der Waals surface area (Å²) < 4.78 is 6.15. The molecule has 2 aliphatic carbocycles. The maximum absolute atomic E-state index is 6.15. The summed E-state index contributed by atoms with van der Waals surface area (Å²) >= 11 is 0. The lowest BCUT2D eigenvalue weighted by Gasteiger charge is -2.26. The first-order valence-electron chi connectivity index (χ1n) is 9.31. The lowest BCUT2D eigenvalue weighted by molar-refractivity contribution is 0.0319. The zero-order valence-corrected chi connectivity index (χ0v) is 14.3. The van der Waals surface area contributed by atoms with Crippen molar-refractivity contribution in [3.8, 4) is 0 Å². The van der Waals surface area contributed by atoms with Crippen LogP contribution in [0.3, 0.4) is 0 Å². The molecule has 2 N–H and O–H groups in total. The summed E-state index contributed by atoms with van der Waals surface area (Å²) in [6, 6.07) is 18.0. The van der Waals surface area contributed by atoms with E-state index in [0.717, 1.165) is 32.3 Å². The Hall–Kier alpha value is -1.64. The van der Waals surface area contributed by atoms with E-state index in [0.29, 0.717) is 18.1 Å². The van der Waals surface area contributed by atoms with Crippen LogP contribution in [0.5, 0.6) is 0 Å². The molecule has 2 heteroatoms. The van der Waals surface area contributed by atoms with Gasteiger partial charge >= 0.3 is 0 Å². The molecule has 126 valence electrons. The summed E-state index contributed by atoms with van der Waals surface area (Å²) in [6.07, 6.45) is 7.26. The number of nitrogens with two attached hydrogens (primary N) is 1. The van der Waals surface area contributed by atoms with Crippen LogP contribution in [0.15, 0.2) is 48.5 Å². The van der Waals surface area contributed by atoms with Crippen LogP contribution in [0.1, 0.15) is 53.9 Å². The number of fused-ring (bicyclic) bond motifs is 1. The average molecular weight is 321 g/mol. The summed E-state index contributed by atoms with van der Waals surface area (Å²) in [4.78, 5) is 0. The molecule has 0 saturated heterocycles. The minimum absolute atomic E-state index is 0.350. The minimum atomic E-state index is 0.350.